The van der Waals surface area contributed by atoms with Gasteiger partial charge >= 0.3 is 5.97 Å². The van der Waals surface area contributed by atoms with Crippen LogP contribution in [0.4, 0.5) is 0 Å². The number of esters is 1. The molecule has 0 saturated carbocycles. The maximum absolute atomic E-state index is 11.4. The van der Waals surface area contributed by atoms with E-state index in [2.05, 4.69) is 9.72 Å². The highest BCUT2D eigenvalue weighted by Gasteiger charge is 2.25. The maximum atomic E-state index is 11.4. The summed E-state index contributed by atoms with van der Waals surface area (Å²) in [6.07, 6.45) is 1.43. The number of thiazole rings is 1. The van der Waals surface area contributed by atoms with E-state index in [0.717, 1.165) is 21.4 Å². The molecular formula is C13H11NO3S2. The Bertz CT molecular complexity index is 611. The molecule has 1 atom stereocenters. The van der Waals surface area contributed by atoms with Crippen LogP contribution in [0.1, 0.15) is 20.8 Å². The van der Waals surface area contributed by atoms with Crippen LogP contribution < -0.4 is 4.74 Å². The largest absolute Gasteiger partial charge is 0.481 e. The molecule has 19 heavy (non-hydrogen) atoms. The molecule has 0 saturated heterocycles. The van der Waals surface area contributed by atoms with Crippen LogP contribution in [0, 0.1) is 0 Å². The Labute approximate surface area is 118 Å². The molecule has 6 heteroatoms. The molecule has 1 aromatic carbocycles. The van der Waals surface area contributed by atoms with Crippen molar-refractivity contribution in [2.45, 2.75) is 11.0 Å². The number of nitrogens with zero attached hydrogens (tertiary/aromatic N) is 1. The van der Waals surface area contributed by atoms with Gasteiger partial charge in [-0.2, -0.15) is 0 Å². The Kier molecular flexibility index (Phi) is 3.44. The first-order valence-corrected chi connectivity index (χ1v) is 7.50. The third-order valence-corrected chi connectivity index (χ3v) is 4.88. The molecule has 0 fully saturated rings. The summed E-state index contributed by atoms with van der Waals surface area (Å²) in [5.41, 5.74) is 0. The van der Waals surface area contributed by atoms with Crippen molar-refractivity contribution in [1.29, 1.82) is 0 Å². The van der Waals surface area contributed by atoms with E-state index >= 15 is 0 Å². The number of ether oxygens (including phenoxy) is 2. The Morgan fingerprint density at radius 3 is 3.16 bits per heavy atom. The second-order valence-electron chi connectivity index (χ2n) is 3.92. The molecule has 98 valence electrons. The van der Waals surface area contributed by atoms with Crippen LogP contribution in [0.15, 0.2) is 35.4 Å². The molecule has 1 aromatic heterocycles. The van der Waals surface area contributed by atoms with Crippen molar-refractivity contribution in [2.24, 2.45) is 0 Å². The summed E-state index contributed by atoms with van der Waals surface area (Å²) < 4.78 is 10.6. The van der Waals surface area contributed by atoms with E-state index < -0.39 is 0 Å². The lowest BCUT2D eigenvalue weighted by atomic mass is 10.3. The third-order valence-electron chi connectivity index (χ3n) is 2.69. The second-order valence-corrected chi connectivity index (χ2v) is 6.04. The van der Waals surface area contributed by atoms with Crippen LogP contribution in [-0.4, -0.2) is 23.8 Å². The van der Waals surface area contributed by atoms with Crippen LogP contribution in [-0.2, 0) is 4.74 Å². The standard InChI is InChI=1S/C13H11NO3S2/c1-16-13(15)11-6-14-12(19-11)9-7-18-10-5-3-2-4-8(10)17-9/h2-6,9H,7H2,1H3. The monoisotopic (exact) mass is 293 g/mol. The van der Waals surface area contributed by atoms with Crippen molar-refractivity contribution in [3.63, 3.8) is 0 Å². The first-order valence-electron chi connectivity index (χ1n) is 5.70. The molecule has 0 N–H and O–H groups in total. The Balaban J connectivity index is 1.81. The summed E-state index contributed by atoms with van der Waals surface area (Å²) >= 11 is 3.06. The van der Waals surface area contributed by atoms with Gasteiger partial charge in [-0.3, -0.25) is 0 Å². The summed E-state index contributed by atoms with van der Waals surface area (Å²) in [4.78, 5) is 17.3. The number of hydrogen-bond acceptors (Lipinski definition) is 6. The highest BCUT2D eigenvalue weighted by molar-refractivity contribution is 7.99. The molecule has 1 aliphatic heterocycles. The third kappa shape index (κ3) is 2.46. The van der Waals surface area contributed by atoms with E-state index in [-0.39, 0.29) is 12.1 Å². The first-order chi connectivity index (χ1) is 9.28. The minimum atomic E-state index is -0.354. The van der Waals surface area contributed by atoms with Crippen molar-refractivity contribution in [3.05, 3.63) is 40.3 Å². The van der Waals surface area contributed by atoms with Crippen LogP contribution >= 0.6 is 23.1 Å². The predicted molar refractivity (Wildman–Crippen MR) is 74.0 cm³/mol. The Hall–Kier alpha value is -1.53. The Morgan fingerprint density at radius 2 is 2.32 bits per heavy atom. The highest BCUT2D eigenvalue weighted by Crippen LogP contribution is 2.40. The Morgan fingerprint density at radius 1 is 1.47 bits per heavy atom. The van der Waals surface area contributed by atoms with Gasteiger partial charge in [0.05, 0.1) is 13.3 Å². The van der Waals surface area contributed by atoms with Crippen LogP contribution in [0.5, 0.6) is 5.75 Å². The van der Waals surface area contributed by atoms with E-state index in [1.165, 1.54) is 18.4 Å². The van der Waals surface area contributed by atoms with Crippen molar-refractivity contribution in [2.75, 3.05) is 12.9 Å². The smallest absolute Gasteiger partial charge is 0.349 e. The topological polar surface area (TPSA) is 48.4 Å². The number of fused-ring (bicyclic) bond motifs is 1. The van der Waals surface area contributed by atoms with E-state index in [0.29, 0.717) is 4.88 Å². The highest BCUT2D eigenvalue weighted by atomic mass is 32.2. The summed E-state index contributed by atoms with van der Waals surface area (Å²) in [5, 5.41) is 0.808. The number of carbonyl (C=O) groups is 1. The number of hydrogen-bond donors (Lipinski definition) is 0. The van der Waals surface area contributed by atoms with Gasteiger partial charge in [0.15, 0.2) is 6.10 Å². The van der Waals surface area contributed by atoms with Gasteiger partial charge in [-0.05, 0) is 12.1 Å². The molecule has 2 aromatic rings. The molecule has 0 bridgehead atoms. The summed E-state index contributed by atoms with van der Waals surface area (Å²) in [5.74, 6) is 1.32. The summed E-state index contributed by atoms with van der Waals surface area (Å²) in [6.45, 7) is 0. The van der Waals surface area contributed by atoms with E-state index in [9.17, 15) is 4.79 Å². The molecule has 1 unspecified atom stereocenters. The van der Waals surface area contributed by atoms with Crippen molar-refractivity contribution >= 4 is 29.1 Å². The van der Waals surface area contributed by atoms with E-state index in [1.807, 2.05) is 24.3 Å². The molecule has 0 amide bonds. The van der Waals surface area contributed by atoms with Gasteiger partial charge in [0.25, 0.3) is 0 Å². The normalized spacial score (nSPS) is 17.4. The number of aromatic nitrogens is 1. The molecule has 1 aliphatic rings. The molecule has 0 spiro atoms. The number of benzene rings is 1. The fourth-order valence-electron chi connectivity index (χ4n) is 1.77. The number of thioether (sulfide) groups is 1. The van der Waals surface area contributed by atoms with Gasteiger partial charge in [-0.15, -0.1) is 23.1 Å². The average Bonchev–Trinajstić information content (AvgIpc) is 2.95. The van der Waals surface area contributed by atoms with Crippen molar-refractivity contribution < 1.29 is 14.3 Å². The zero-order valence-corrected chi connectivity index (χ0v) is 11.8. The SMILES string of the molecule is COC(=O)c1cnc(C2CSc3ccccc3O2)s1. The average molecular weight is 293 g/mol. The van der Waals surface area contributed by atoms with Crippen LogP contribution in [0.2, 0.25) is 0 Å². The maximum Gasteiger partial charge on any atom is 0.349 e. The predicted octanol–water partition coefficient (Wildman–Crippen LogP) is 3.16. The minimum Gasteiger partial charge on any atom is -0.481 e. The fourth-order valence-corrected chi connectivity index (χ4v) is 3.73. The first kappa shape index (κ1) is 12.5. The number of methoxy groups -OCH3 is 1. The lowest BCUT2D eigenvalue weighted by Gasteiger charge is -2.23. The van der Waals surface area contributed by atoms with Gasteiger partial charge in [0, 0.05) is 10.6 Å². The van der Waals surface area contributed by atoms with Gasteiger partial charge in [0.1, 0.15) is 15.6 Å². The number of carbonyl (C=O) groups excluding carboxylic acids is 1. The van der Waals surface area contributed by atoms with E-state index in [1.54, 1.807) is 18.0 Å². The number of para-hydroxylation sites is 1. The summed E-state index contributed by atoms with van der Waals surface area (Å²) in [6, 6.07) is 7.93. The summed E-state index contributed by atoms with van der Waals surface area (Å²) in [7, 11) is 1.37. The molecular weight excluding hydrogens is 282 g/mol. The molecule has 0 radical (unpaired) electrons. The molecule has 3 rings (SSSR count). The van der Waals surface area contributed by atoms with Crippen LogP contribution in [0.3, 0.4) is 0 Å². The lowest BCUT2D eigenvalue weighted by molar-refractivity contribution is 0.0606. The van der Waals surface area contributed by atoms with Gasteiger partial charge < -0.3 is 9.47 Å². The van der Waals surface area contributed by atoms with Crippen molar-refractivity contribution in [1.82, 2.24) is 4.98 Å². The minimum absolute atomic E-state index is 0.108. The zero-order valence-electron chi connectivity index (χ0n) is 10.2. The fraction of sp³-hybridized carbons (Fsp3) is 0.231. The lowest BCUT2D eigenvalue weighted by Crippen LogP contribution is -2.14. The second kappa shape index (κ2) is 5.22. The van der Waals surface area contributed by atoms with Gasteiger partial charge in [0.2, 0.25) is 0 Å². The molecule has 4 nitrogen and oxygen atoms in total. The quantitative estimate of drug-likeness (QED) is 0.796. The number of rotatable bonds is 2. The van der Waals surface area contributed by atoms with Crippen LogP contribution in [0.25, 0.3) is 0 Å². The zero-order chi connectivity index (χ0) is 13.2. The van der Waals surface area contributed by atoms with E-state index in [4.69, 9.17) is 4.74 Å². The molecule has 0 aliphatic carbocycles. The van der Waals surface area contributed by atoms with Gasteiger partial charge in [-0.25, -0.2) is 9.78 Å². The molecule has 2 heterocycles. The van der Waals surface area contributed by atoms with Gasteiger partial charge in [-0.1, -0.05) is 12.1 Å². The van der Waals surface area contributed by atoms with Crippen molar-refractivity contribution in [3.8, 4) is 5.75 Å².